The molecule has 0 spiro atoms. The number of carboxylic acids is 1. The number of rotatable bonds is 4. The highest BCUT2D eigenvalue weighted by atomic mass is 35.5. The molecule has 3 heterocycles. The Balaban J connectivity index is 1.72. The lowest BCUT2D eigenvalue weighted by Gasteiger charge is -2.07. The van der Waals surface area contributed by atoms with Crippen LogP contribution in [0, 0.1) is 0 Å². The van der Waals surface area contributed by atoms with Gasteiger partial charge in [-0.05, 0) is 30.3 Å². The van der Waals surface area contributed by atoms with Crippen molar-refractivity contribution in [3.8, 4) is 17.3 Å². The Morgan fingerprint density at radius 3 is 2.73 bits per heavy atom. The lowest BCUT2D eigenvalue weighted by atomic mass is 10.1. The molecule has 1 aromatic carbocycles. The monoisotopic (exact) mass is 371 g/mol. The Morgan fingerprint density at radius 2 is 2.00 bits per heavy atom. The van der Waals surface area contributed by atoms with Crippen LogP contribution in [0.2, 0.25) is 5.02 Å². The molecule has 2 aromatic heterocycles. The van der Waals surface area contributed by atoms with Crippen molar-refractivity contribution < 1.29 is 24.2 Å². The maximum absolute atomic E-state index is 12.9. The number of hydrogen-bond acceptors (Lipinski definition) is 6. The molecule has 1 aliphatic rings. The molecule has 1 aliphatic heterocycles. The van der Waals surface area contributed by atoms with Crippen molar-refractivity contribution in [2.75, 3.05) is 0 Å². The second-order valence-electron chi connectivity index (χ2n) is 5.34. The highest BCUT2D eigenvalue weighted by molar-refractivity contribution is 6.33. The van der Waals surface area contributed by atoms with E-state index in [-0.39, 0.29) is 33.6 Å². The van der Waals surface area contributed by atoms with E-state index in [9.17, 15) is 9.59 Å². The minimum atomic E-state index is -1.49. The summed E-state index contributed by atoms with van der Waals surface area (Å²) < 4.78 is 11.7. The van der Waals surface area contributed by atoms with E-state index in [1.165, 1.54) is 23.0 Å². The van der Waals surface area contributed by atoms with Crippen molar-refractivity contribution >= 4 is 23.4 Å². The summed E-state index contributed by atoms with van der Waals surface area (Å²) >= 11 is 6.12. The van der Waals surface area contributed by atoms with Gasteiger partial charge in [0.25, 0.3) is 0 Å². The number of aromatic nitrogens is 3. The van der Waals surface area contributed by atoms with E-state index >= 15 is 0 Å². The maximum atomic E-state index is 12.9. The minimum absolute atomic E-state index is 0.0819. The second-order valence-corrected chi connectivity index (χ2v) is 5.74. The van der Waals surface area contributed by atoms with Gasteiger partial charge in [-0.15, -0.1) is 0 Å². The van der Waals surface area contributed by atoms with Crippen molar-refractivity contribution in [2.45, 2.75) is 6.29 Å². The van der Waals surface area contributed by atoms with Gasteiger partial charge in [0.1, 0.15) is 5.69 Å². The van der Waals surface area contributed by atoms with Crippen LogP contribution in [0.25, 0.3) is 5.82 Å². The number of hydrogen-bond donors (Lipinski definition) is 1. The van der Waals surface area contributed by atoms with Crippen LogP contribution in [0.5, 0.6) is 11.5 Å². The molecule has 0 saturated carbocycles. The first-order valence-corrected chi connectivity index (χ1v) is 7.82. The van der Waals surface area contributed by atoms with Crippen molar-refractivity contribution in [1.82, 2.24) is 14.8 Å². The lowest BCUT2D eigenvalue weighted by molar-refractivity contribution is -0.154. The van der Waals surface area contributed by atoms with E-state index in [0.717, 1.165) is 0 Å². The fourth-order valence-corrected chi connectivity index (χ4v) is 2.79. The summed E-state index contributed by atoms with van der Waals surface area (Å²) in [6, 6.07) is 9.59. The van der Waals surface area contributed by atoms with Crippen LogP contribution in [0.4, 0.5) is 0 Å². The third-order valence-electron chi connectivity index (χ3n) is 3.67. The molecular weight excluding hydrogens is 362 g/mol. The normalized spacial score (nSPS) is 15.0. The van der Waals surface area contributed by atoms with Crippen LogP contribution >= 0.6 is 11.6 Å². The molecule has 9 heteroatoms. The zero-order valence-corrected chi connectivity index (χ0v) is 13.8. The standard InChI is InChI=1S/C17H10ClN3O5/c18-10-7-9(8-12-15(10)26-17(25-12)16(23)24)14(22)11-4-6-20-21(11)13-3-1-2-5-19-13/h1-8,17H,(H,23,24). The SMILES string of the molecule is O=C(c1cc(Cl)c2c(c1)OC(C(=O)O)O2)c1ccnn1-c1ccccn1. The number of aliphatic carboxylic acids is 1. The molecule has 0 radical (unpaired) electrons. The summed E-state index contributed by atoms with van der Waals surface area (Å²) in [4.78, 5) is 28.1. The van der Waals surface area contributed by atoms with E-state index in [1.807, 2.05) is 0 Å². The molecule has 130 valence electrons. The van der Waals surface area contributed by atoms with Crippen molar-refractivity contribution in [3.05, 3.63) is 65.1 Å². The summed E-state index contributed by atoms with van der Waals surface area (Å²) in [6.07, 6.45) is 1.58. The van der Waals surface area contributed by atoms with Gasteiger partial charge in [-0.3, -0.25) is 4.79 Å². The third-order valence-corrected chi connectivity index (χ3v) is 3.95. The first-order chi connectivity index (χ1) is 12.5. The van der Waals surface area contributed by atoms with Crippen LogP contribution < -0.4 is 9.47 Å². The summed E-state index contributed by atoms with van der Waals surface area (Å²) in [5, 5.41) is 13.2. The fraction of sp³-hybridized carbons (Fsp3) is 0.0588. The predicted molar refractivity (Wildman–Crippen MR) is 88.9 cm³/mol. The van der Waals surface area contributed by atoms with Gasteiger partial charge in [0, 0.05) is 11.8 Å². The third kappa shape index (κ3) is 2.66. The largest absolute Gasteiger partial charge is 0.476 e. The number of nitrogens with zero attached hydrogens (tertiary/aromatic N) is 3. The number of ether oxygens (including phenoxy) is 2. The molecule has 0 amide bonds. The smallest absolute Gasteiger partial charge is 0.387 e. The molecule has 3 aromatic rings. The van der Waals surface area contributed by atoms with Gasteiger partial charge < -0.3 is 14.6 Å². The van der Waals surface area contributed by atoms with Crippen molar-refractivity contribution in [2.24, 2.45) is 0 Å². The summed E-state index contributed by atoms with van der Waals surface area (Å²) in [5.41, 5.74) is 0.481. The van der Waals surface area contributed by atoms with E-state index in [0.29, 0.717) is 5.82 Å². The number of pyridine rings is 1. The topological polar surface area (TPSA) is 104 Å². The second kappa shape index (κ2) is 6.16. The molecule has 1 atom stereocenters. The van der Waals surface area contributed by atoms with Gasteiger partial charge in [0.15, 0.2) is 17.3 Å². The highest BCUT2D eigenvalue weighted by Gasteiger charge is 2.33. The number of ketones is 1. The molecule has 0 bridgehead atoms. The van der Waals surface area contributed by atoms with Crippen molar-refractivity contribution in [1.29, 1.82) is 0 Å². The van der Waals surface area contributed by atoms with Crippen LogP contribution in [0.3, 0.4) is 0 Å². The number of carbonyl (C=O) groups is 2. The molecule has 8 nitrogen and oxygen atoms in total. The van der Waals surface area contributed by atoms with Gasteiger partial charge in [0.05, 0.1) is 11.2 Å². The quantitative estimate of drug-likeness (QED) is 0.702. The Bertz CT molecular complexity index is 1020. The lowest BCUT2D eigenvalue weighted by Crippen LogP contribution is -2.28. The van der Waals surface area contributed by atoms with Gasteiger partial charge in [-0.2, -0.15) is 5.10 Å². The first-order valence-electron chi connectivity index (χ1n) is 7.44. The minimum Gasteiger partial charge on any atom is -0.476 e. The Labute approximate surface area is 151 Å². The Morgan fingerprint density at radius 1 is 1.15 bits per heavy atom. The number of carbonyl (C=O) groups excluding carboxylic acids is 1. The molecule has 0 aliphatic carbocycles. The fourth-order valence-electron chi connectivity index (χ4n) is 2.53. The number of halogens is 1. The number of carboxylic acid groups (broad SMARTS) is 1. The zero-order chi connectivity index (χ0) is 18.3. The van der Waals surface area contributed by atoms with Gasteiger partial charge >= 0.3 is 12.3 Å². The van der Waals surface area contributed by atoms with E-state index < -0.39 is 12.3 Å². The first kappa shape index (κ1) is 16.1. The van der Waals surface area contributed by atoms with Gasteiger partial charge in [-0.25, -0.2) is 14.5 Å². The molecule has 0 fully saturated rings. The van der Waals surface area contributed by atoms with Crippen LogP contribution in [0.15, 0.2) is 48.8 Å². The number of fused-ring (bicyclic) bond motifs is 1. The van der Waals surface area contributed by atoms with E-state index in [2.05, 4.69) is 10.1 Å². The Kier molecular flexibility index (Phi) is 3.81. The molecule has 1 N–H and O–H groups in total. The molecule has 1 unspecified atom stereocenters. The van der Waals surface area contributed by atoms with Crippen LogP contribution in [-0.2, 0) is 4.79 Å². The highest BCUT2D eigenvalue weighted by Crippen LogP contribution is 2.42. The Hall–Kier alpha value is -3.39. The maximum Gasteiger partial charge on any atom is 0.387 e. The predicted octanol–water partition coefficient (Wildman–Crippen LogP) is 2.33. The van der Waals surface area contributed by atoms with Crippen LogP contribution in [0.1, 0.15) is 16.1 Å². The molecule has 26 heavy (non-hydrogen) atoms. The van der Waals surface area contributed by atoms with Crippen molar-refractivity contribution in [3.63, 3.8) is 0 Å². The molecular formula is C17H10ClN3O5. The van der Waals surface area contributed by atoms with E-state index in [4.69, 9.17) is 26.2 Å². The summed E-state index contributed by atoms with van der Waals surface area (Å²) in [7, 11) is 0. The average Bonchev–Trinajstić information content (AvgIpc) is 3.29. The average molecular weight is 372 g/mol. The molecule has 4 rings (SSSR count). The van der Waals surface area contributed by atoms with E-state index in [1.54, 1.807) is 30.5 Å². The number of benzene rings is 1. The zero-order valence-electron chi connectivity index (χ0n) is 13.0. The summed E-state index contributed by atoms with van der Waals surface area (Å²) in [6.45, 7) is 0. The van der Waals surface area contributed by atoms with Gasteiger partial charge in [-0.1, -0.05) is 17.7 Å². The molecule has 0 saturated heterocycles. The van der Waals surface area contributed by atoms with Crippen LogP contribution in [-0.4, -0.2) is 37.9 Å². The van der Waals surface area contributed by atoms with Gasteiger partial charge in [0.2, 0.25) is 5.78 Å². The summed E-state index contributed by atoms with van der Waals surface area (Å²) in [5.74, 6) is -0.997.